The van der Waals surface area contributed by atoms with Gasteiger partial charge in [-0.3, -0.25) is 9.98 Å². The van der Waals surface area contributed by atoms with Gasteiger partial charge in [0, 0.05) is 34.9 Å². The highest BCUT2D eigenvalue weighted by Gasteiger charge is 2.34. The van der Waals surface area contributed by atoms with Crippen LogP contribution in [0.4, 0.5) is 11.4 Å². The molecule has 0 spiro atoms. The Hall–Kier alpha value is -4.28. The molecule has 0 bridgehead atoms. The van der Waals surface area contributed by atoms with Crippen molar-refractivity contribution in [1.82, 2.24) is 0 Å². The van der Waals surface area contributed by atoms with Crippen LogP contribution in [0.3, 0.4) is 0 Å². The molecule has 10 heteroatoms. The molecule has 2 aromatic carbocycles. The van der Waals surface area contributed by atoms with Crippen molar-refractivity contribution in [3.05, 3.63) is 83.8 Å². The Morgan fingerprint density at radius 2 is 1.12 bits per heavy atom. The van der Waals surface area contributed by atoms with Crippen LogP contribution in [0.2, 0.25) is 0 Å². The van der Waals surface area contributed by atoms with Gasteiger partial charge in [-0.25, -0.2) is 9.59 Å². The summed E-state index contributed by atoms with van der Waals surface area (Å²) >= 11 is 0. The monoisotopic (exact) mass is 434 g/mol. The first kappa shape index (κ1) is 21.0. The maximum absolute atomic E-state index is 12.3. The molecule has 10 nitrogen and oxygen atoms in total. The van der Waals surface area contributed by atoms with Crippen molar-refractivity contribution in [3.8, 4) is 0 Å². The fourth-order valence-electron chi connectivity index (χ4n) is 2.85. The lowest BCUT2D eigenvalue weighted by Gasteiger charge is -2.18. The van der Waals surface area contributed by atoms with Gasteiger partial charge in [-0.15, -0.1) is 0 Å². The third kappa shape index (κ3) is 4.72. The molecule has 4 N–H and O–H groups in total. The number of rotatable bonds is 5. The van der Waals surface area contributed by atoms with Gasteiger partial charge in [-0.05, 0) is 12.1 Å². The number of hydrogen-bond donors (Lipinski definition) is 4. The number of nitrogens with zero attached hydrogens (tertiary/aromatic N) is 2. The maximum atomic E-state index is 12.3. The molecule has 2 heterocycles. The van der Waals surface area contributed by atoms with E-state index in [0.29, 0.717) is 11.4 Å². The molecule has 0 amide bonds. The van der Waals surface area contributed by atoms with E-state index < -0.39 is 24.1 Å². The number of fused-ring (bicyclic) bond motifs is 2. The Balaban J connectivity index is 1.36. The van der Waals surface area contributed by atoms with E-state index in [1.807, 2.05) is 12.1 Å². The smallest absolute Gasteiger partial charge is 0.345 e. The highest BCUT2D eigenvalue weighted by Crippen LogP contribution is 2.20. The quantitative estimate of drug-likeness (QED) is 0.519. The van der Waals surface area contributed by atoms with Crippen LogP contribution < -0.4 is 10.6 Å². The zero-order valence-electron chi connectivity index (χ0n) is 16.5. The third-order valence-electron chi connectivity index (χ3n) is 4.45. The van der Waals surface area contributed by atoms with Crippen molar-refractivity contribution in [2.24, 2.45) is 9.98 Å². The van der Waals surface area contributed by atoms with Crippen molar-refractivity contribution >= 4 is 35.7 Å². The number of nitrogens with one attached hydrogen (secondary N) is 2. The molecule has 162 valence electrons. The van der Waals surface area contributed by atoms with E-state index >= 15 is 0 Å². The molecule has 0 aromatic heterocycles. The summed E-state index contributed by atoms with van der Waals surface area (Å²) in [6, 6.07) is 14.3. The minimum atomic E-state index is -2.20. The summed E-state index contributed by atoms with van der Waals surface area (Å²) in [4.78, 5) is 32.5. The average molecular weight is 434 g/mol. The molecule has 4 rings (SSSR count). The zero-order valence-corrected chi connectivity index (χ0v) is 16.5. The van der Waals surface area contributed by atoms with Crippen molar-refractivity contribution < 1.29 is 29.3 Å². The van der Waals surface area contributed by atoms with Gasteiger partial charge >= 0.3 is 11.9 Å². The predicted octanol–water partition coefficient (Wildman–Crippen LogP) is 1.48. The molecule has 2 unspecified atom stereocenters. The number of hydrogen-bond acceptors (Lipinski definition) is 10. The Morgan fingerprint density at radius 3 is 1.56 bits per heavy atom. The first-order chi connectivity index (χ1) is 15.5. The van der Waals surface area contributed by atoms with Crippen LogP contribution >= 0.6 is 0 Å². The topological polar surface area (TPSA) is 142 Å². The summed E-state index contributed by atoms with van der Waals surface area (Å²) in [6.45, 7) is 0. The number of esters is 2. The van der Waals surface area contributed by atoms with E-state index in [9.17, 15) is 19.8 Å². The lowest BCUT2D eigenvalue weighted by atomic mass is 10.2. The molecule has 0 radical (unpaired) electrons. The highest BCUT2D eigenvalue weighted by molar-refractivity contribution is 5.91. The van der Waals surface area contributed by atoms with Gasteiger partial charge in [0.2, 0.25) is 11.8 Å². The molecule has 2 aliphatic heterocycles. The maximum Gasteiger partial charge on any atom is 0.345 e. The van der Waals surface area contributed by atoms with Crippen LogP contribution in [0.25, 0.3) is 0 Å². The van der Waals surface area contributed by atoms with Crippen molar-refractivity contribution in [2.75, 3.05) is 10.6 Å². The second kappa shape index (κ2) is 9.25. The molecule has 2 aliphatic rings. The van der Waals surface area contributed by atoms with Crippen molar-refractivity contribution in [2.45, 2.75) is 12.2 Å². The lowest BCUT2D eigenvalue weighted by Crippen LogP contribution is -2.42. The van der Waals surface area contributed by atoms with Crippen molar-refractivity contribution in [1.29, 1.82) is 0 Å². The normalized spacial score (nSPS) is 15.8. The van der Waals surface area contributed by atoms with Crippen LogP contribution in [-0.2, 0) is 19.1 Å². The van der Waals surface area contributed by atoms with Crippen LogP contribution in [0.15, 0.2) is 82.7 Å². The summed E-state index contributed by atoms with van der Waals surface area (Å²) in [6.07, 6.45) is 1.17. The molecule has 2 atom stereocenters. The van der Waals surface area contributed by atoms with Gasteiger partial charge in [0.05, 0.1) is 12.4 Å². The number of ether oxygens (including phenoxy) is 2. The number of anilines is 2. The first-order valence-corrected chi connectivity index (χ1v) is 9.49. The van der Waals surface area contributed by atoms with E-state index in [4.69, 9.17) is 9.47 Å². The van der Waals surface area contributed by atoms with E-state index in [1.54, 1.807) is 48.8 Å². The largest absolute Gasteiger partial charge is 0.406 e. The summed E-state index contributed by atoms with van der Waals surface area (Å²) in [5.74, 6) is -2.72. The molecule has 0 saturated carbocycles. The first-order valence-electron chi connectivity index (χ1n) is 9.49. The van der Waals surface area contributed by atoms with E-state index in [-0.39, 0.29) is 11.8 Å². The molecular weight excluding hydrogens is 416 g/mol. The number of aliphatic imine (C=N–C) groups is 2. The predicted molar refractivity (Wildman–Crippen MR) is 116 cm³/mol. The van der Waals surface area contributed by atoms with Crippen LogP contribution in [0.5, 0.6) is 0 Å². The van der Waals surface area contributed by atoms with Crippen LogP contribution in [0.1, 0.15) is 11.1 Å². The second-order valence-electron chi connectivity index (χ2n) is 6.70. The Kier molecular flexibility index (Phi) is 6.06. The fourth-order valence-corrected chi connectivity index (χ4v) is 2.85. The van der Waals surface area contributed by atoms with Crippen LogP contribution in [0, 0.1) is 0 Å². The Morgan fingerprint density at radius 1 is 0.719 bits per heavy atom. The highest BCUT2D eigenvalue weighted by atomic mass is 16.6. The lowest BCUT2D eigenvalue weighted by molar-refractivity contribution is -0.168. The number of para-hydroxylation sites is 2. The number of carbonyl (C=O) groups excluding carboxylic acids is 2. The van der Waals surface area contributed by atoms with E-state index in [1.165, 1.54) is 12.4 Å². The summed E-state index contributed by atoms with van der Waals surface area (Å²) in [7, 11) is 0. The SMILES string of the molecule is O=C(OC1=CN=Cc2ccccc2N1)C(O)C(O)C(=O)OC1=CN=Cc2ccccc2N1. The summed E-state index contributed by atoms with van der Waals surface area (Å²) < 4.78 is 10.1. The molecule has 32 heavy (non-hydrogen) atoms. The minimum Gasteiger partial charge on any atom is -0.406 e. The van der Waals surface area contributed by atoms with Gasteiger partial charge in [0.1, 0.15) is 0 Å². The van der Waals surface area contributed by atoms with Crippen LogP contribution in [-0.4, -0.2) is 46.8 Å². The van der Waals surface area contributed by atoms with Gasteiger partial charge in [-0.1, -0.05) is 36.4 Å². The van der Waals surface area contributed by atoms with Gasteiger partial charge in [0.15, 0.2) is 12.2 Å². The van der Waals surface area contributed by atoms with E-state index in [0.717, 1.165) is 11.1 Å². The zero-order chi connectivity index (χ0) is 22.5. The fraction of sp³-hybridized carbons (Fsp3) is 0.0909. The number of aliphatic hydroxyl groups excluding tert-OH is 2. The number of benzene rings is 2. The second-order valence-corrected chi connectivity index (χ2v) is 6.70. The van der Waals surface area contributed by atoms with Gasteiger partial charge < -0.3 is 30.3 Å². The standard InChI is InChI=1S/C22H18N4O6/c27-19(21(29)31-17-11-23-9-13-5-1-3-7-15(13)25-17)20(28)22(30)32-18-12-24-10-14-6-2-4-8-16(14)26-18/h1-12,19-20,25-28H. The Bertz CT molecular complexity index is 1080. The van der Waals surface area contributed by atoms with E-state index in [2.05, 4.69) is 20.6 Å². The molecule has 2 aromatic rings. The molecule has 0 aliphatic carbocycles. The van der Waals surface area contributed by atoms with Gasteiger partial charge in [0.25, 0.3) is 0 Å². The third-order valence-corrected chi connectivity index (χ3v) is 4.45. The molecule has 0 fully saturated rings. The van der Waals surface area contributed by atoms with Gasteiger partial charge in [-0.2, -0.15) is 0 Å². The molecule has 0 saturated heterocycles. The molecular formula is C22H18N4O6. The summed E-state index contributed by atoms with van der Waals surface area (Å²) in [5.41, 5.74) is 2.75. The average Bonchev–Trinajstić information content (AvgIpc) is 3.13. The summed E-state index contributed by atoms with van der Waals surface area (Å²) in [5, 5.41) is 25.9. The van der Waals surface area contributed by atoms with Crippen molar-refractivity contribution in [3.63, 3.8) is 0 Å². The Labute approximate surface area is 182 Å². The minimum absolute atomic E-state index is 0.0881. The number of aliphatic hydroxyl groups is 2. The number of carbonyl (C=O) groups is 2.